The molecule has 0 unspecified atom stereocenters. The zero-order chi connectivity index (χ0) is 12.4. The van der Waals surface area contributed by atoms with Crippen molar-refractivity contribution in [3.05, 3.63) is 72.4 Å². The molecule has 0 fully saturated rings. The maximum absolute atomic E-state index is 10.4. The second-order valence-electron chi connectivity index (χ2n) is 3.25. The molecule has 0 amide bonds. The quantitative estimate of drug-likeness (QED) is 0.372. The standard InChI is InChI=1S/C15H18O/c1-5-7-11-15(6-2)14(4)10-8-9-13(3)12-16/h5-12H,1,4H2,2-3H3/b10-8-,11-7-,13-9+,15-6+. The minimum Gasteiger partial charge on any atom is -0.298 e. The monoisotopic (exact) mass is 214 g/mol. The van der Waals surface area contributed by atoms with E-state index in [1.165, 1.54) is 0 Å². The van der Waals surface area contributed by atoms with Gasteiger partial charge in [-0.3, -0.25) is 4.79 Å². The SMILES string of the molecule is C=C/C=C\C(=C/C)C(=C)/C=C\C=C(/C)C=O. The molecule has 0 N–H and O–H groups in total. The van der Waals surface area contributed by atoms with Crippen molar-refractivity contribution >= 4 is 6.29 Å². The molecule has 16 heavy (non-hydrogen) atoms. The highest BCUT2D eigenvalue weighted by atomic mass is 16.1. The van der Waals surface area contributed by atoms with E-state index in [-0.39, 0.29) is 0 Å². The number of rotatable bonds is 6. The van der Waals surface area contributed by atoms with Crippen LogP contribution in [0.2, 0.25) is 0 Å². The molecule has 0 saturated heterocycles. The summed E-state index contributed by atoms with van der Waals surface area (Å²) in [6.45, 7) is 11.3. The summed E-state index contributed by atoms with van der Waals surface area (Å²) in [5.74, 6) is 0. The Balaban J connectivity index is 4.62. The van der Waals surface area contributed by atoms with E-state index in [0.717, 1.165) is 17.4 Å². The first-order valence-corrected chi connectivity index (χ1v) is 5.10. The summed E-state index contributed by atoms with van der Waals surface area (Å²) in [6.07, 6.45) is 13.8. The molecular weight excluding hydrogens is 196 g/mol. The second-order valence-corrected chi connectivity index (χ2v) is 3.25. The van der Waals surface area contributed by atoms with Crippen LogP contribution in [-0.2, 0) is 4.79 Å². The Bertz CT molecular complexity index is 376. The molecule has 0 aliphatic rings. The van der Waals surface area contributed by atoms with Gasteiger partial charge in [0.1, 0.15) is 6.29 Å². The van der Waals surface area contributed by atoms with Gasteiger partial charge in [-0.2, -0.15) is 0 Å². The molecule has 0 atom stereocenters. The van der Waals surface area contributed by atoms with Gasteiger partial charge >= 0.3 is 0 Å². The van der Waals surface area contributed by atoms with Gasteiger partial charge in [0.15, 0.2) is 0 Å². The zero-order valence-corrected chi connectivity index (χ0v) is 9.94. The molecule has 0 aromatic carbocycles. The van der Waals surface area contributed by atoms with Gasteiger partial charge in [0.25, 0.3) is 0 Å². The third-order valence-corrected chi connectivity index (χ3v) is 1.94. The fourth-order valence-electron chi connectivity index (χ4n) is 1.01. The van der Waals surface area contributed by atoms with Crippen LogP contribution >= 0.6 is 0 Å². The molecule has 0 aliphatic carbocycles. The first-order chi connectivity index (χ1) is 7.65. The fraction of sp³-hybridized carbons (Fsp3) is 0.133. The molecule has 1 heteroatoms. The van der Waals surface area contributed by atoms with E-state index in [0.29, 0.717) is 5.57 Å². The topological polar surface area (TPSA) is 17.1 Å². The molecule has 84 valence electrons. The summed E-state index contributed by atoms with van der Waals surface area (Å²) in [6, 6.07) is 0. The lowest BCUT2D eigenvalue weighted by Gasteiger charge is -1.99. The van der Waals surface area contributed by atoms with E-state index >= 15 is 0 Å². The van der Waals surface area contributed by atoms with E-state index in [2.05, 4.69) is 13.2 Å². The van der Waals surface area contributed by atoms with Crippen LogP contribution in [0.3, 0.4) is 0 Å². The average molecular weight is 214 g/mol. The van der Waals surface area contributed by atoms with Crippen LogP contribution in [-0.4, -0.2) is 6.29 Å². The third kappa shape index (κ3) is 5.76. The first-order valence-electron chi connectivity index (χ1n) is 5.10. The van der Waals surface area contributed by atoms with E-state index < -0.39 is 0 Å². The maximum atomic E-state index is 10.4. The highest BCUT2D eigenvalue weighted by Crippen LogP contribution is 2.11. The summed E-state index contributed by atoms with van der Waals surface area (Å²) < 4.78 is 0. The van der Waals surface area contributed by atoms with E-state index in [9.17, 15) is 4.79 Å². The predicted octanol–water partition coefficient (Wildman–Crippen LogP) is 3.93. The maximum Gasteiger partial charge on any atom is 0.145 e. The van der Waals surface area contributed by atoms with E-state index in [1.807, 2.05) is 37.3 Å². The molecule has 0 radical (unpaired) electrons. The Labute approximate surface area is 97.9 Å². The lowest BCUT2D eigenvalue weighted by Crippen LogP contribution is -1.80. The van der Waals surface area contributed by atoms with Crippen molar-refractivity contribution in [3.63, 3.8) is 0 Å². The Kier molecular flexibility index (Phi) is 7.43. The number of hydrogen-bond acceptors (Lipinski definition) is 1. The summed E-state index contributed by atoms with van der Waals surface area (Å²) >= 11 is 0. The van der Waals surface area contributed by atoms with Gasteiger partial charge < -0.3 is 0 Å². The van der Waals surface area contributed by atoms with Crippen molar-refractivity contribution in [2.24, 2.45) is 0 Å². The predicted molar refractivity (Wildman–Crippen MR) is 71.2 cm³/mol. The zero-order valence-electron chi connectivity index (χ0n) is 9.94. The molecule has 1 nitrogen and oxygen atoms in total. The highest BCUT2D eigenvalue weighted by molar-refractivity contribution is 5.72. The molecular formula is C15H18O. The number of allylic oxidation sites excluding steroid dienone is 10. The first kappa shape index (κ1) is 14.1. The normalized spacial score (nSPS) is 13.4. The van der Waals surface area contributed by atoms with Crippen LogP contribution in [0.5, 0.6) is 0 Å². The van der Waals surface area contributed by atoms with Gasteiger partial charge in [0, 0.05) is 0 Å². The lowest BCUT2D eigenvalue weighted by molar-refractivity contribution is -0.104. The summed E-state index contributed by atoms with van der Waals surface area (Å²) in [5.41, 5.74) is 2.62. The average Bonchev–Trinajstić information content (AvgIpc) is 2.29. The van der Waals surface area contributed by atoms with Crippen molar-refractivity contribution < 1.29 is 4.79 Å². The second kappa shape index (κ2) is 8.42. The number of hydrogen-bond donors (Lipinski definition) is 0. The number of carbonyl (C=O) groups is 1. The molecule has 0 aromatic rings. The summed E-state index contributed by atoms with van der Waals surface area (Å²) in [5, 5.41) is 0. The Hall–Kier alpha value is -1.89. The van der Waals surface area contributed by atoms with Crippen molar-refractivity contribution in [2.75, 3.05) is 0 Å². The molecule has 0 bridgehead atoms. The van der Waals surface area contributed by atoms with Crippen molar-refractivity contribution in [3.8, 4) is 0 Å². The van der Waals surface area contributed by atoms with Crippen LogP contribution < -0.4 is 0 Å². The molecule has 0 rings (SSSR count). The van der Waals surface area contributed by atoms with Gasteiger partial charge in [-0.05, 0) is 30.6 Å². The lowest BCUT2D eigenvalue weighted by atomic mass is 10.1. The van der Waals surface area contributed by atoms with Gasteiger partial charge in [0.05, 0.1) is 0 Å². The molecule has 0 aromatic heterocycles. The Morgan fingerprint density at radius 2 is 1.88 bits per heavy atom. The number of aldehydes is 1. The molecule has 0 heterocycles. The third-order valence-electron chi connectivity index (χ3n) is 1.94. The van der Waals surface area contributed by atoms with Crippen LogP contribution in [0.25, 0.3) is 0 Å². The van der Waals surface area contributed by atoms with Gasteiger partial charge in [-0.25, -0.2) is 0 Å². The van der Waals surface area contributed by atoms with Gasteiger partial charge in [0.2, 0.25) is 0 Å². The molecule has 0 saturated carbocycles. The van der Waals surface area contributed by atoms with Crippen molar-refractivity contribution in [2.45, 2.75) is 13.8 Å². The fourth-order valence-corrected chi connectivity index (χ4v) is 1.01. The minimum atomic E-state index is 0.688. The summed E-state index contributed by atoms with van der Waals surface area (Å²) in [4.78, 5) is 10.4. The highest BCUT2D eigenvalue weighted by Gasteiger charge is 1.91. The Morgan fingerprint density at radius 1 is 1.19 bits per heavy atom. The van der Waals surface area contributed by atoms with Crippen LogP contribution in [0.4, 0.5) is 0 Å². The van der Waals surface area contributed by atoms with Crippen LogP contribution in [0, 0.1) is 0 Å². The molecule has 0 aliphatic heterocycles. The van der Waals surface area contributed by atoms with E-state index in [4.69, 9.17) is 0 Å². The van der Waals surface area contributed by atoms with Crippen LogP contribution in [0.15, 0.2) is 72.4 Å². The summed E-state index contributed by atoms with van der Waals surface area (Å²) in [7, 11) is 0. The van der Waals surface area contributed by atoms with Gasteiger partial charge in [-0.15, -0.1) is 0 Å². The number of carbonyl (C=O) groups excluding carboxylic acids is 1. The van der Waals surface area contributed by atoms with Crippen molar-refractivity contribution in [1.82, 2.24) is 0 Å². The minimum absolute atomic E-state index is 0.688. The van der Waals surface area contributed by atoms with Gasteiger partial charge in [-0.1, -0.05) is 55.7 Å². The van der Waals surface area contributed by atoms with Crippen molar-refractivity contribution in [1.29, 1.82) is 0 Å². The van der Waals surface area contributed by atoms with Crippen LogP contribution in [0.1, 0.15) is 13.8 Å². The van der Waals surface area contributed by atoms with E-state index in [1.54, 1.807) is 19.1 Å². The smallest absolute Gasteiger partial charge is 0.145 e. The Morgan fingerprint density at radius 3 is 2.38 bits per heavy atom. The largest absolute Gasteiger partial charge is 0.298 e. The molecule has 0 spiro atoms.